The Kier molecular flexibility index (Phi) is 4.51. The monoisotopic (exact) mass is 270 g/mol. The van der Waals surface area contributed by atoms with E-state index in [1.807, 2.05) is 0 Å². The molecule has 0 spiro atoms. The van der Waals surface area contributed by atoms with Crippen LogP contribution >= 0.6 is 0 Å². The summed E-state index contributed by atoms with van der Waals surface area (Å²) in [6.07, 6.45) is -8.44. The van der Waals surface area contributed by atoms with E-state index < -0.39 is 36.6 Å². The van der Waals surface area contributed by atoms with Gasteiger partial charge in [-0.05, 0) is 5.56 Å². The molecule has 0 radical (unpaired) electrons. The molecule has 1 aliphatic rings. The summed E-state index contributed by atoms with van der Waals surface area (Å²) in [6, 6.07) is 8.70. The van der Waals surface area contributed by atoms with Crippen LogP contribution in [0, 0.1) is 0 Å². The maximum Gasteiger partial charge on any atom is 0.113 e. The summed E-state index contributed by atoms with van der Waals surface area (Å²) in [6.45, 7) is -0.248. The maximum atomic E-state index is 10.0. The molecule has 2 unspecified atom stereocenters. The van der Waals surface area contributed by atoms with Crippen LogP contribution in [0.15, 0.2) is 30.3 Å². The first-order valence-corrected chi connectivity index (χ1v) is 6.09. The van der Waals surface area contributed by atoms with Crippen LogP contribution in [0.4, 0.5) is 0 Å². The lowest BCUT2D eigenvalue weighted by Crippen LogP contribution is -2.54. The molecule has 0 amide bonds. The standard InChI is InChI=1S/C13H18O6/c14-8-6-19-13(7-4-2-1-3-5-7)12(18)11(17)10(16)9(8)15/h1-5,8-18H,6H2/t8-,9+,10-,11-,12?,13?/m0/s1. The third-order valence-corrected chi connectivity index (χ3v) is 3.33. The van der Waals surface area contributed by atoms with Crippen molar-refractivity contribution in [1.29, 1.82) is 0 Å². The molecule has 6 heteroatoms. The highest BCUT2D eigenvalue weighted by molar-refractivity contribution is 5.19. The van der Waals surface area contributed by atoms with Gasteiger partial charge in [0.2, 0.25) is 0 Å². The van der Waals surface area contributed by atoms with Crippen molar-refractivity contribution in [3.63, 3.8) is 0 Å². The third-order valence-electron chi connectivity index (χ3n) is 3.33. The molecule has 1 aliphatic heterocycles. The Labute approximate surface area is 110 Å². The van der Waals surface area contributed by atoms with Gasteiger partial charge >= 0.3 is 0 Å². The summed E-state index contributed by atoms with van der Waals surface area (Å²) in [5, 5.41) is 48.7. The second kappa shape index (κ2) is 5.96. The second-order valence-corrected chi connectivity index (χ2v) is 4.69. The van der Waals surface area contributed by atoms with Gasteiger partial charge in [-0.3, -0.25) is 0 Å². The Morgan fingerprint density at radius 2 is 1.37 bits per heavy atom. The van der Waals surface area contributed by atoms with E-state index in [4.69, 9.17) is 4.74 Å². The van der Waals surface area contributed by atoms with Gasteiger partial charge in [-0.1, -0.05) is 30.3 Å². The first-order chi connectivity index (χ1) is 9.02. The average Bonchev–Trinajstić information content (AvgIpc) is 2.45. The van der Waals surface area contributed by atoms with Crippen LogP contribution < -0.4 is 0 Å². The number of hydrogen-bond donors (Lipinski definition) is 5. The molecule has 6 atom stereocenters. The van der Waals surface area contributed by atoms with E-state index in [0.29, 0.717) is 5.56 Å². The van der Waals surface area contributed by atoms with Crippen molar-refractivity contribution in [2.24, 2.45) is 0 Å². The van der Waals surface area contributed by atoms with E-state index in [1.165, 1.54) is 0 Å². The van der Waals surface area contributed by atoms with Crippen molar-refractivity contribution >= 4 is 0 Å². The van der Waals surface area contributed by atoms with Gasteiger partial charge in [-0.25, -0.2) is 0 Å². The molecule has 0 aromatic heterocycles. The zero-order valence-electron chi connectivity index (χ0n) is 10.2. The molecule has 5 N–H and O–H groups in total. The van der Waals surface area contributed by atoms with Gasteiger partial charge in [0.15, 0.2) is 0 Å². The van der Waals surface area contributed by atoms with Crippen LogP contribution in [0.2, 0.25) is 0 Å². The Morgan fingerprint density at radius 3 is 2.00 bits per heavy atom. The van der Waals surface area contributed by atoms with Gasteiger partial charge in [0.05, 0.1) is 6.61 Å². The lowest BCUT2D eigenvalue weighted by atomic mass is 9.92. The number of rotatable bonds is 1. The van der Waals surface area contributed by atoms with E-state index in [9.17, 15) is 25.5 Å². The van der Waals surface area contributed by atoms with Crippen LogP contribution in [0.1, 0.15) is 11.7 Å². The summed E-state index contributed by atoms with van der Waals surface area (Å²) in [5.74, 6) is 0. The van der Waals surface area contributed by atoms with Crippen LogP contribution in [-0.2, 0) is 4.74 Å². The average molecular weight is 270 g/mol. The van der Waals surface area contributed by atoms with Crippen molar-refractivity contribution in [3.8, 4) is 0 Å². The topological polar surface area (TPSA) is 110 Å². The smallest absolute Gasteiger partial charge is 0.113 e. The summed E-state index contributed by atoms with van der Waals surface area (Å²) in [5.41, 5.74) is 0.616. The van der Waals surface area contributed by atoms with Gasteiger partial charge in [-0.2, -0.15) is 0 Å². The number of aliphatic hydroxyl groups excluding tert-OH is 5. The molecule has 6 nitrogen and oxygen atoms in total. The van der Waals surface area contributed by atoms with Gasteiger partial charge in [0, 0.05) is 0 Å². The Morgan fingerprint density at radius 1 is 0.789 bits per heavy atom. The fourth-order valence-corrected chi connectivity index (χ4v) is 2.15. The van der Waals surface area contributed by atoms with E-state index in [1.54, 1.807) is 30.3 Å². The van der Waals surface area contributed by atoms with Gasteiger partial charge in [-0.15, -0.1) is 0 Å². The fourth-order valence-electron chi connectivity index (χ4n) is 2.15. The SMILES string of the molecule is OC1C(c2ccccc2)OC[C@H](O)[C@@H](O)[C@H](O)[C@@H]1O. The molecule has 2 rings (SSSR count). The Hall–Kier alpha value is -1.02. The lowest BCUT2D eigenvalue weighted by Gasteiger charge is -2.36. The summed E-state index contributed by atoms with van der Waals surface area (Å²) < 4.78 is 5.35. The lowest BCUT2D eigenvalue weighted by molar-refractivity contribution is -0.199. The van der Waals surface area contributed by atoms with Crippen LogP contribution in [0.5, 0.6) is 0 Å². The highest BCUT2D eigenvalue weighted by Crippen LogP contribution is 2.28. The van der Waals surface area contributed by atoms with Crippen molar-refractivity contribution < 1.29 is 30.3 Å². The molecule has 0 bridgehead atoms. The van der Waals surface area contributed by atoms with E-state index in [2.05, 4.69) is 0 Å². The van der Waals surface area contributed by atoms with Crippen molar-refractivity contribution in [2.75, 3.05) is 6.61 Å². The van der Waals surface area contributed by atoms with Crippen molar-refractivity contribution in [1.82, 2.24) is 0 Å². The van der Waals surface area contributed by atoms with Crippen LogP contribution in [0.25, 0.3) is 0 Å². The molecule has 1 aromatic rings. The minimum absolute atomic E-state index is 0.248. The number of hydrogen-bond acceptors (Lipinski definition) is 6. The molecule has 1 saturated heterocycles. The fraction of sp³-hybridized carbons (Fsp3) is 0.538. The molecule has 1 fully saturated rings. The predicted octanol–water partition coefficient (Wildman–Crippen LogP) is -1.44. The molecule has 106 valence electrons. The first kappa shape index (κ1) is 14.4. The Balaban J connectivity index is 2.25. The largest absolute Gasteiger partial charge is 0.388 e. The minimum atomic E-state index is -1.64. The molecule has 0 aliphatic carbocycles. The molecular formula is C13H18O6. The number of aliphatic hydroxyl groups is 5. The summed E-state index contributed by atoms with van der Waals surface area (Å²) >= 11 is 0. The van der Waals surface area contributed by atoms with Gasteiger partial charge < -0.3 is 30.3 Å². The number of benzene rings is 1. The quantitative estimate of drug-likeness (QED) is 0.427. The van der Waals surface area contributed by atoms with Gasteiger partial charge in [0.1, 0.15) is 36.6 Å². The molecule has 0 saturated carbocycles. The van der Waals surface area contributed by atoms with Crippen LogP contribution in [0.3, 0.4) is 0 Å². The molecular weight excluding hydrogens is 252 g/mol. The Bertz CT molecular complexity index is 397. The first-order valence-electron chi connectivity index (χ1n) is 6.09. The maximum absolute atomic E-state index is 10.0. The minimum Gasteiger partial charge on any atom is -0.388 e. The van der Waals surface area contributed by atoms with Crippen molar-refractivity contribution in [2.45, 2.75) is 36.6 Å². The highest BCUT2D eigenvalue weighted by Gasteiger charge is 2.41. The molecule has 1 heterocycles. The van der Waals surface area contributed by atoms with Crippen molar-refractivity contribution in [3.05, 3.63) is 35.9 Å². The highest BCUT2D eigenvalue weighted by atomic mass is 16.5. The van der Waals surface area contributed by atoms with Crippen LogP contribution in [-0.4, -0.2) is 62.7 Å². The summed E-state index contributed by atoms with van der Waals surface area (Å²) in [4.78, 5) is 0. The predicted molar refractivity (Wildman–Crippen MR) is 65.2 cm³/mol. The van der Waals surface area contributed by atoms with E-state index >= 15 is 0 Å². The normalized spacial score (nSPS) is 40.5. The summed E-state index contributed by atoms with van der Waals surface area (Å²) in [7, 11) is 0. The van der Waals surface area contributed by atoms with E-state index in [0.717, 1.165) is 0 Å². The number of ether oxygens (including phenoxy) is 1. The third kappa shape index (κ3) is 2.94. The second-order valence-electron chi connectivity index (χ2n) is 4.69. The van der Waals surface area contributed by atoms with Gasteiger partial charge in [0.25, 0.3) is 0 Å². The van der Waals surface area contributed by atoms with E-state index in [-0.39, 0.29) is 6.61 Å². The zero-order valence-corrected chi connectivity index (χ0v) is 10.2. The zero-order chi connectivity index (χ0) is 14.0. The molecule has 1 aromatic carbocycles. The molecule has 19 heavy (non-hydrogen) atoms.